The fourth-order valence-electron chi connectivity index (χ4n) is 3.52. The van der Waals surface area contributed by atoms with E-state index in [9.17, 15) is 9.59 Å². The number of carbonyl (C=O) groups is 2. The van der Waals surface area contributed by atoms with Crippen molar-refractivity contribution in [1.82, 2.24) is 10.5 Å². The minimum atomic E-state index is -0.484. The third-order valence-corrected chi connectivity index (χ3v) is 5.29. The summed E-state index contributed by atoms with van der Waals surface area (Å²) in [6.07, 6.45) is 4.91. The van der Waals surface area contributed by atoms with Crippen LogP contribution in [0.4, 0.5) is 0 Å². The number of hydrogen-bond acceptors (Lipinski definition) is 4. The highest BCUT2D eigenvalue weighted by Crippen LogP contribution is 2.33. The van der Waals surface area contributed by atoms with Gasteiger partial charge in [-0.2, -0.15) is 0 Å². The molecule has 0 saturated carbocycles. The Hall–Kier alpha value is -2.53. The van der Waals surface area contributed by atoms with Gasteiger partial charge in [-0.05, 0) is 66.1 Å². The van der Waals surface area contributed by atoms with Crippen molar-refractivity contribution in [2.75, 3.05) is 0 Å². The summed E-state index contributed by atoms with van der Waals surface area (Å²) in [5, 5.41) is 8.79. The van der Waals surface area contributed by atoms with Crippen LogP contribution in [0.15, 0.2) is 36.5 Å². The molecule has 0 saturated heterocycles. The van der Waals surface area contributed by atoms with E-state index in [2.05, 4.69) is 11.1 Å². The van der Waals surface area contributed by atoms with Gasteiger partial charge in [-0.15, -0.1) is 0 Å². The first-order valence-electron chi connectivity index (χ1n) is 9.32. The Morgan fingerprint density at radius 2 is 1.96 bits per heavy atom. The second-order valence-electron chi connectivity index (χ2n) is 8.29. The van der Waals surface area contributed by atoms with Gasteiger partial charge in [0, 0.05) is 29.3 Å². The number of nitrogens with zero attached hydrogens (tertiary/aromatic N) is 1. The Kier molecular flexibility index (Phi) is 5.42. The zero-order valence-corrected chi connectivity index (χ0v) is 16.1. The first kappa shape index (κ1) is 19.2. The van der Waals surface area contributed by atoms with Crippen molar-refractivity contribution in [3.8, 4) is 0 Å². The lowest BCUT2D eigenvalue weighted by Gasteiger charge is -2.25. The predicted octanol–water partition coefficient (Wildman–Crippen LogP) is 3.63. The van der Waals surface area contributed by atoms with Crippen LogP contribution in [0.2, 0.25) is 0 Å². The van der Waals surface area contributed by atoms with Gasteiger partial charge >= 0.3 is 0 Å². The number of fused-ring (bicyclic) bond motifs is 1. The van der Waals surface area contributed by atoms with Gasteiger partial charge < -0.3 is 0 Å². The highest BCUT2D eigenvalue weighted by Gasteiger charge is 2.24. The number of carbonyl (C=O) groups excluding carboxylic acids is 2. The molecule has 1 aliphatic rings. The van der Waals surface area contributed by atoms with Crippen LogP contribution in [-0.2, 0) is 24.1 Å². The van der Waals surface area contributed by atoms with Crippen LogP contribution in [0.3, 0.4) is 0 Å². The van der Waals surface area contributed by atoms with Crippen molar-refractivity contribution < 1.29 is 14.8 Å². The lowest BCUT2D eigenvalue weighted by Crippen LogP contribution is -2.22. The van der Waals surface area contributed by atoms with E-state index >= 15 is 0 Å². The van der Waals surface area contributed by atoms with Crippen LogP contribution < -0.4 is 5.48 Å². The fraction of sp³-hybridized carbons (Fsp3) is 0.409. The van der Waals surface area contributed by atoms with E-state index in [1.54, 1.807) is 17.7 Å². The van der Waals surface area contributed by atoms with Gasteiger partial charge in [0.1, 0.15) is 5.78 Å². The molecule has 2 N–H and O–H groups in total. The second-order valence-corrected chi connectivity index (χ2v) is 8.29. The van der Waals surface area contributed by atoms with Crippen molar-refractivity contribution in [3.05, 3.63) is 64.5 Å². The molecule has 3 rings (SSSR count). The summed E-state index contributed by atoms with van der Waals surface area (Å²) in [5.74, 6) is 0.0829. The molecule has 27 heavy (non-hydrogen) atoms. The lowest BCUT2D eigenvalue weighted by molar-refractivity contribution is -0.125. The van der Waals surface area contributed by atoms with Crippen LogP contribution in [0, 0.1) is 5.41 Å². The molecule has 0 fully saturated rings. The Morgan fingerprint density at radius 1 is 1.19 bits per heavy atom. The Balaban J connectivity index is 1.76. The number of rotatable bonds is 4. The van der Waals surface area contributed by atoms with E-state index in [0.29, 0.717) is 17.9 Å². The highest BCUT2D eigenvalue weighted by atomic mass is 16.5. The average molecular weight is 366 g/mol. The van der Waals surface area contributed by atoms with Gasteiger partial charge in [-0.1, -0.05) is 26.8 Å². The number of aryl methyl sites for hydroxylation is 1. The van der Waals surface area contributed by atoms with Crippen molar-refractivity contribution in [2.24, 2.45) is 5.41 Å². The average Bonchev–Trinajstić information content (AvgIpc) is 2.66. The largest absolute Gasteiger partial charge is 0.299 e. The zero-order valence-electron chi connectivity index (χ0n) is 16.1. The Morgan fingerprint density at radius 3 is 2.67 bits per heavy atom. The second kappa shape index (κ2) is 7.61. The smallest absolute Gasteiger partial charge is 0.274 e. The number of aromatic nitrogens is 1. The van der Waals surface area contributed by atoms with Crippen molar-refractivity contribution in [3.63, 3.8) is 0 Å². The van der Waals surface area contributed by atoms with Crippen molar-refractivity contribution in [2.45, 2.75) is 52.4 Å². The third kappa shape index (κ3) is 4.42. The van der Waals surface area contributed by atoms with Crippen LogP contribution in [-0.4, -0.2) is 21.9 Å². The maximum absolute atomic E-state index is 12.3. The van der Waals surface area contributed by atoms with E-state index in [1.807, 2.05) is 39.0 Å². The molecule has 1 unspecified atom stereocenters. The van der Waals surface area contributed by atoms with Crippen LogP contribution >= 0.6 is 0 Å². The molecule has 0 radical (unpaired) electrons. The molecule has 2 aromatic rings. The first-order valence-corrected chi connectivity index (χ1v) is 9.32. The van der Waals surface area contributed by atoms with Crippen molar-refractivity contribution in [1.29, 1.82) is 0 Å². The molecule has 1 aromatic heterocycles. The summed E-state index contributed by atoms with van der Waals surface area (Å²) in [7, 11) is 0. The van der Waals surface area contributed by atoms with Gasteiger partial charge in [0.15, 0.2) is 0 Å². The van der Waals surface area contributed by atoms with Crippen LogP contribution in [0.1, 0.15) is 65.9 Å². The number of ketones is 1. The third-order valence-electron chi connectivity index (χ3n) is 5.29. The van der Waals surface area contributed by atoms with Gasteiger partial charge in [-0.25, -0.2) is 5.48 Å². The summed E-state index contributed by atoms with van der Waals surface area (Å²) in [4.78, 5) is 28.3. The molecule has 1 aliphatic carbocycles. The normalized spacial score (nSPS) is 16.5. The van der Waals surface area contributed by atoms with Gasteiger partial charge in [-0.3, -0.25) is 19.8 Å². The van der Waals surface area contributed by atoms with Crippen LogP contribution in [0.5, 0.6) is 0 Å². The van der Waals surface area contributed by atoms with Gasteiger partial charge in [0.2, 0.25) is 0 Å². The molecular weight excluding hydrogens is 340 g/mol. The summed E-state index contributed by atoms with van der Waals surface area (Å²) in [6.45, 7) is 5.80. The topological polar surface area (TPSA) is 79.3 Å². The van der Waals surface area contributed by atoms with E-state index in [4.69, 9.17) is 5.21 Å². The highest BCUT2D eigenvalue weighted by molar-refractivity contribution is 5.93. The number of amides is 1. The van der Waals surface area contributed by atoms with E-state index in [0.717, 1.165) is 30.5 Å². The zero-order chi connectivity index (χ0) is 19.6. The van der Waals surface area contributed by atoms with Gasteiger partial charge in [0.05, 0.1) is 0 Å². The summed E-state index contributed by atoms with van der Waals surface area (Å²) >= 11 is 0. The van der Waals surface area contributed by atoms with E-state index in [1.165, 1.54) is 11.1 Å². The molecule has 0 spiro atoms. The number of benzene rings is 1. The molecule has 1 atom stereocenters. The monoisotopic (exact) mass is 366 g/mol. The summed E-state index contributed by atoms with van der Waals surface area (Å²) in [6, 6.07) is 9.67. The fourth-order valence-corrected chi connectivity index (χ4v) is 3.52. The maximum Gasteiger partial charge on any atom is 0.274 e. The molecule has 1 amide bonds. The number of hydroxylamine groups is 1. The molecule has 5 heteroatoms. The number of pyridine rings is 1. The number of nitrogens with one attached hydrogen (secondary N) is 1. The van der Waals surface area contributed by atoms with Crippen LogP contribution in [0.25, 0.3) is 0 Å². The molecule has 0 bridgehead atoms. The molecule has 1 aromatic carbocycles. The summed E-state index contributed by atoms with van der Waals surface area (Å²) < 4.78 is 0. The molecule has 142 valence electrons. The molecule has 5 nitrogen and oxygen atoms in total. The molecule has 1 heterocycles. The Bertz CT molecular complexity index is 868. The first-order chi connectivity index (χ1) is 12.8. The van der Waals surface area contributed by atoms with Gasteiger partial charge in [0.25, 0.3) is 5.91 Å². The quantitative estimate of drug-likeness (QED) is 0.640. The predicted molar refractivity (Wildman–Crippen MR) is 103 cm³/mol. The van der Waals surface area contributed by atoms with E-state index < -0.39 is 5.91 Å². The van der Waals surface area contributed by atoms with E-state index in [-0.39, 0.29) is 11.2 Å². The number of hydrogen-bond donors (Lipinski definition) is 2. The minimum absolute atomic E-state index is 0.191. The maximum atomic E-state index is 12.3. The standard InChI is InChI=1S/C22H26N2O3/c1-22(2,3)20(25)13-19-12-17(8-9-23-19)15-4-5-16-11-18(21(26)24-27)7-6-14(16)10-15/h6-9,11-12,15,27H,4-5,10,13H2,1-3H3,(H,24,26). The molecule has 0 aliphatic heterocycles. The Labute approximate surface area is 159 Å². The SMILES string of the molecule is CC(C)(C)C(=O)Cc1cc(C2CCc3cc(C(=O)NO)ccc3C2)ccn1. The van der Waals surface area contributed by atoms with Crippen molar-refractivity contribution >= 4 is 11.7 Å². The number of Topliss-reactive ketones (excluding diaryl/α,β-unsaturated/α-hetero) is 1. The summed E-state index contributed by atoms with van der Waals surface area (Å²) in [5.41, 5.74) is 6.22. The lowest BCUT2D eigenvalue weighted by atomic mass is 9.79. The minimum Gasteiger partial charge on any atom is -0.299 e. The molecular formula is C22H26N2O3.